The first-order valence-corrected chi connectivity index (χ1v) is 7.15. The molecule has 1 rings (SSSR count). The third-order valence-electron chi connectivity index (χ3n) is 3.46. The summed E-state index contributed by atoms with van der Waals surface area (Å²) in [5.41, 5.74) is -0.552. The van der Waals surface area contributed by atoms with Gasteiger partial charge in [0.05, 0.1) is 12.0 Å². The number of carboxylic acids is 1. The van der Waals surface area contributed by atoms with Gasteiger partial charge in [-0.25, -0.2) is 0 Å². The van der Waals surface area contributed by atoms with Gasteiger partial charge in [-0.05, 0) is 39.5 Å². The molecule has 1 fully saturated rings. The van der Waals surface area contributed by atoms with Crippen LogP contribution in [0, 0.1) is 0 Å². The van der Waals surface area contributed by atoms with Crippen LogP contribution in [0.25, 0.3) is 0 Å². The molecule has 3 N–H and O–H groups in total. The van der Waals surface area contributed by atoms with Crippen molar-refractivity contribution in [2.75, 3.05) is 0 Å². The van der Waals surface area contributed by atoms with Gasteiger partial charge >= 0.3 is 5.97 Å². The van der Waals surface area contributed by atoms with Crippen molar-refractivity contribution in [3.8, 4) is 0 Å². The van der Waals surface area contributed by atoms with E-state index in [0.29, 0.717) is 12.8 Å². The summed E-state index contributed by atoms with van der Waals surface area (Å²) in [5, 5.41) is 14.4. The number of carbonyl (C=O) groups is 3. The topological polar surface area (TPSA) is 95.5 Å². The first-order valence-electron chi connectivity index (χ1n) is 7.15. The van der Waals surface area contributed by atoms with Crippen LogP contribution in [-0.4, -0.2) is 34.5 Å². The Kier molecular flexibility index (Phi) is 5.98. The first-order chi connectivity index (χ1) is 9.33. The van der Waals surface area contributed by atoms with Crippen LogP contribution < -0.4 is 10.6 Å². The molecule has 1 saturated carbocycles. The quantitative estimate of drug-likeness (QED) is 0.624. The number of aliphatic carboxylic acids is 1. The molecule has 0 heterocycles. The zero-order chi connectivity index (χ0) is 15.2. The van der Waals surface area contributed by atoms with Crippen molar-refractivity contribution in [2.24, 2.45) is 0 Å². The van der Waals surface area contributed by atoms with Gasteiger partial charge in [0.1, 0.15) is 0 Å². The van der Waals surface area contributed by atoms with Gasteiger partial charge in [-0.15, -0.1) is 0 Å². The fourth-order valence-corrected chi connectivity index (χ4v) is 2.40. The highest BCUT2D eigenvalue weighted by molar-refractivity contribution is 5.80. The van der Waals surface area contributed by atoms with E-state index in [1.165, 1.54) is 0 Å². The molecular weight excluding hydrogens is 260 g/mol. The lowest BCUT2D eigenvalue weighted by atomic mass is 9.74. The molecule has 6 heteroatoms. The van der Waals surface area contributed by atoms with Gasteiger partial charge in [-0.3, -0.25) is 14.4 Å². The van der Waals surface area contributed by atoms with Crippen LogP contribution in [-0.2, 0) is 14.4 Å². The summed E-state index contributed by atoms with van der Waals surface area (Å²) in [4.78, 5) is 34.0. The second-order valence-electron chi connectivity index (χ2n) is 5.83. The molecule has 6 nitrogen and oxygen atoms in total. The van der Waals surface area contributed by atoms with Crippen LogP contribution in [0.4, 0.5) is 0 Å². The van der Waals surface area contributed by atoms with Crippen molar-refractivity contribution in [3.05, 3.63) is 0 Å². The van der Waals surface area contributed by atoms with Gasteiger partial charge in [-0.1, -0.05) is 0 Å². The Labute approximate surface area is 119 Å². The SMILES string of the molecule is CC(C)NC(=O)CCCC(=O)NC1(CC(=O)O)CCC1. The molecule has 2 amide bonds. The summed E-state index contributed by atoms with van der Waals surface area (Å²) in [6.07, 6.45) is 3.42. The molecule has 114 valence electrons. The Hall–Kier alpha value is -1.59. The van der Waals surface area contributed by atoms with Crippen LogP contribution in [0.15, 0.2) is 0 Å². The molecule has 0 atom stereocenters. The molecule has 0 aromatic heterocycles. The molecule has 0 unspecified atom stereocenters. The predicted molar refractivity (Wildman–Crippen MR) is 74.1 cm³/mol. The van der Waals surface area contributed by atoms with Crippen molar-refractivity contribution >= 4 is 17.8 Å². The Balaban J connectivity index is 2.26. The van der Waals surface area contributed by atoms with E-state index in [-0.39, 0.29) is 30.7 Å². The van der Waals surface area contributed by atoms with E-state index in [9.17, 15) is 14.4 Å². The van der Waals surface area contributed by atoms with Gasteiger partial charge in [0.25, 0.3) is 0 Å². The largest absolute Gasteiger partial charge is 0.481 e. The Morgan fingerprint density at radius 3 is 2.20 bits per heavy atom. The molecule has 20 heavy (non-hydrogen) atoms. The maximum Gasteiger partial charge on any atom is 0.305 e. The second-order valence-corrected chi connectivity index (χ2v) is 5.83. The minimum Gasteiger partial charge on any atom is -0.481 e. The van der Waals surface area contributed by atoms with E-state index in [1.807, 2.05) is 13.8 Å². The fraction of sp³-hybridized carbons (Fsp3) is 0.786. The first kappa shape index (κ1) is 16.5. The lowest BCUT2D eigenvalue weighted by molar-refractivity contribution is -0.140. The van der Waals surface area contributed by atoms with Gasteiger partial charge in [-0.2, -0.15) is 0 Å². The minimum absolute atomic E-state index is 0.0213. The van der Waals surface area contributed by atoms with Crippen molar-refractivity contribution in [1.29, 1.82) is 0 Å². The van der Waals surface area contributed by atoms with Gasteiger partial charge in [0.2, 0.25) is 11.8 Å². The third-order valence-corrected chi connectivity index (χ3v) is 3.46. The van der Waals surface area contributed by atoms with Crippen LogP contribution in [0.2, 0.25) is 0 Å². The molecule has 0 aromatic rings. The number of hydrogen-bond donors (Lipinski definition) is 3. The molecule has 1 aliphatic rings. The van der Waals surface area contributed by atoms with E-state index in [2.05, 4.69) is 10.6 Å². The van der Waals surface area contributed by atoms with E-state index in [4.69, 9.17) is 5.11 Å². The summed E-state index contributed by atoms with van der Waals surface area (Å²) >= 11 is 0. The van der Waals surface area contributed by atoms with Crippen LogP contribution >= 0.6 is 0 Å². The van der Waals surface area contributed by atoms with Gasteiger partial charge in [0.15, 0.2) is 0 Å². The molecular formula is C14H24N2O4. The van der Waals surface area contributed by atoms with Crippen molar-refractivity contribution in [3.63, 3.8) is 0 Å². The molecule has 0 spiro atoms. The summed E-state index contributed by atoms with van der Waals surface area (Å²) in [7, 11) is 0. The molecule has 0 aromatic carbocycles. The molecule has 0 saturated heterocycles. The average molecular weight is 284 g/mol. The average Bonchev–Trinajstić information content (AvgIpc) is 2.24. The highest BCUT2D eigenvalue weighted by atomic mass is 16.4. The minimum atomic E-state index is -0.888. The van der Waals surface area contributed by atoms with Crippen LogP contribution in [0.3, 0.4) is 0 Å². The van der Waals surface area contributed by atoms with Crippen LogP contribution in [0.1, 0.15) is 58.8 Å². The fourth-order valence-electron chi connectivity index (χ4n) is 2.40. The zero-order valence-corrected chi connectivity index (χ0v) is 12.2. The monoisotopic (exact) mass is 284 g/mol. The highest BCUT2D eigenvalue weighted by Crippen LogP contribution is 2.35. The standard InChI is InChI=1S/C14H24N2O4/c1-10(2)15-11(17)5-3-6-12(18)16-14(7-4-8-14)9-13(19)20/h10H,3-9H2,1-2H3,(H,15,17)(H,16,18)(H,19,20). The maximum atomic E-state index is 11.8. The number of rotatable bonds is 8. The number of hydrogen-bond acceptors (Lipinski definition) is 3. The van der Waals surface area contributed by atoms with Crippen molar-refractivity contribution in [1.82, 2.24) is 10.6 Å². The zero-order valence-electron chi connectivity index (χ0n) is 12.2. The number of carbonyl (C=O) groups excluding carboxylic acids is 2. The lowest BCUT2D eigenvalue weighted by Crippen LogP contribution is -2.54. The summed E-state index contributed by atoms with van der Waals surface area (Å²) < 4.78 is 0. The van der Waals surface area contributed by atoms with Crippen molar-refractivity contribution < 1.29 is 19.5 Å². The van der Waals surface area contributed by atoms with E-state index >= 15 is 0 Å². The van der Waals surface area contributed by atoms with E-state index in [0.717, 1.165) is 19.3 Å². The Morgan fingerprint density at radius 2 is 1.75 bits per heavy atom. The highest BCUT2D eigenvalue weighted by Gasteiger charge is 2.40. The predicted octanol–water partition coefficient (Wildman–Crippen LogP) is 1.19. The van der Waals surface area contributed by atoms with Gasteiger partial charge in [0, 0.05) is 18.9 Å². The molecule has 1 aliphatic carbocycles. The van der Waals surface area contributed by atoms with Crippen LogP contribution in [0.5, 0.6) is 0 Å². The van der Waals surface area contributed by atoms with Gasteiger partial charge < -0.3 is 15.7 Å². The van der Waals surface area contributed by atoms with E-state index in [1.54, 1.807) is 0 Å². The third kappa shape index (κ3) is 5.59. The Morgan fingerprint density at radius 1 is 1.15 bits per heavy atom. The summed E-state index contributed by atoms with van der Waals surface area (Å²) in [6, 6.07) is 0.102. The Bertz CT molecular complexity index is 375. The summed E-state index contributed by atoms with van der Waals surface area (Å²) in [6.45, 7) is 3.77. The van der Waals surface area contributed by atoms with E-state index < -0.39 is 11.5 Å². The smallest absolute Gasteiger partial charge is 0.305 e. The number of nitrogens with one attached hydrogen (secondary N) is 2. The normalized spacial score (nSPS) is 16.4. The summed E-state index contributed by atoms with van der Waals surface area (Å²) in [5.74, 6) is -1.11. The molecule has 0 aliphatic heterocycles. The number of carboxylic acid groups (broad SMARTS) is 1. The van der Waals surface area contributed by atoms with Crippen molar-refractivity contribution in [2.45, 2.75) is 70.4 Å². The number of amides is 2. The molecule has 0 radical (unpaired) electrons. The second kappa shape index (κ2) is 7.26. The maximum absolute atomic E-state index is 11.8. The lowest BCUT2D eigenvalue weighted by Gasteiger charge is -2.41. The molecule has 0 bridgehead atoms.